The molecular weight excluding hydrogens is 302 g/mol. The van der Waals surface area contributed by atoms with Crippen LogP contribution in [0.15, 0.2) is 64.3 Å². The van der Waals surface area contributed by atoms with Gasteiger partial charge >= 0.3 is 5.69 Å². The molecule has 0 saturated heterocycles. The van der Waals surface area contributed by atoms with Crippen molar-refractivity contribution in [1.29, 1.82) is 0 Å². The van der Waals surface area contributed by atoms with Crippen molar-refractivity contribution in [3.63, 3.8) is 0 Å². The van der Waals surface area contributed by atoms with Crippen molar-refractivity contribution in [2.24, 2.45) is 0 Å². The van der Waals surface area contributed by atoms with Gasteiger partial charge in [-0.2, -0.15) is 0 Å². The summed E-state index contributed by atoms with van der Waals surface area (Å²) in [4.78, 5) is 25.2. The van der Waals surface area contributed by atoms with Gasteiger partial charge in [0.2, 0.25) is 0 Å². The van der Waals surface area contributed by atoms with Crippen LogP contribution in [0.2, 0.25) is 0 Å². The third-order valence-electron chi connectivity index (χ3n) is 4.05. The molecule has 0 atom stereocenters. The largest absolute Gasteiger partial charge is 0.399 e. The van der Waals surface area contributed by atoms with Crippen LogP contribution in [-0.2, 0) is 6.54 Å². The summed E-state index contributed by atoms with van der Waals surface area (Å²) in [5, 5.41) is 0. The Labute approximate surface area is 139 Å². The first-order valence-electron chi connectivity index (χ1n) is 7.71. The number of nitrogen functional groups attached to an aromatic ring is 1. The SMILES string of the molecule is Cc1cccc(C)c1-n1c(=O)ccn(Cc2ccc(N)cc2)c1=O. The molecular formula is C19H19N3O2. The molecule has 0 aliphatic carbocycles. The number of anilines is 1. The van der Waals surface area contributed by atoms with E-state index in [2.05, 4.69) is 0 Å². The van der Waals surface area contributed by atoms with Crippen LogP contribution in [0.4, 0.5) is 5.69 Å². The lowest BCUT2D eigenvalue weighted by molar-refractivity contribution is 0.679. The van der Waals surface area contributed by atoms with E-state index < -0.39 is 0 Å². The smallest absolute Gasteiger partial charge is 0.335 e. The highest BCUT2D eigenvalue weighted by Gasteiger charge is 2.12. The van der Waals surface area contributed by atoms with Crippen molar-refractivity contribution in [2.45, 2.75) is 20.4 Å². The summed E-state index contributed by atoms with van der Waals surface area (Å²) in [6.45, 7) is 4.17. The summed E-state index contributed by atoms with van der Waals surface area (Å²) in [5.74, 6) is 0. The van der Waals surface area contributed by atoms with Gasteiger partial charge in [-0.3, -0.25) is 9.36 Å². The molecule has 0 amide bonds. The lowest BCUT2D eigenvalue weighted by Crippen LogP contribution is -2.38. The maximum atomic E-state index is 12.9. The Morgan fingerprint density at radius 1 is 0.917 bits per heavy atom. The quantitative estimate of drug-likeness (QED) is 0.752. The van der Waals surface area contributed by atoms with Crippen LogP contribution in [0, 0.1) is 13.8 Å². The van der Waals surface area contributed by atoms with Gasteiger partial charge in [0.05, 0.1) is 12.2 Å². The Morgan fingerprint density at radius 3 is 2.17 bits per heavy atom. The lowest BCUT2D eigenvalue weighted by Gasteiger charge is -2.14. The van der Waals surface area contributed by atoms with E-state index in [4.69, 9.17) is 5.73 Å². The number of hydrogen-bond donors (Lipinski definition) is 1. The second-order valence-electron chi connectivity index (χ2n) is 5.88. The first-order chi connectivity index (χ1) is 11.5. The summed E-state index contributed by atoms with van der Waals surface area (Å²) in [6.07, 6.45) is 1.53. The summed E-state index contributed by atoms with van der Waals surface area (Å²) >= 11 is 0. The zero-order chi connectivity index (χ0) is 17.3. The normalized spacial score (nSPS) is 10.8. The van der Waals surface area contributed by atoms with E-state index >= 15 is 0 Å². The third-order valence-corrected chi connectivity index (χ3v) is 4.05. The predicted molar refractivity (Wildman–Crippen MR) is 95.7 cm³/mol. The minimum atomic E-state index is -0.350. The Kier molecular flexibility index (Phi) is 4.08. The van der Waals surface area contributed by atoms with Gasteiger partial charge in [-0.25, -0.2) is 9.36 Å². The van der Waals surface area contributed by atoms with Crippen LogP contribution in [-0.4, -0.2) is 9.13 Å². The van der Waals surface area contributed by atoms with Crippen molar-refractivity contribution >= 4 is 5.69 Å². The molecule has 0 aliphatic rings. The number of nitrogens with two attached hydrogens (primary N) is 1. The van der Waals surface area contributed by atoms with Gasteiger partial charge in [-0.15, -0.1) is 0 Å². The minimum Gasteiger partial charge on any atom is -0.399 e. The fraction of sp³-hybridized carbons (Fsp3) is 0.158. The Balaban J connectivity index is 2.14. The molecule has 3 aromatic rings. The van der Waals surface area contributed by atoms with E-state index in [0.717, 1.165) is 16.7 Å². The molecule has 2 aromatic carbocycles. The Bertz CT molecular complexity index is 978. The number of rotatable bonds is 3. The molecule has 2 N–H and O–H groups in total. The van der Waals surface area contributed by atoms with Gasteiger partial charge in [0.1, 0.15) is 0 Å². The average Bonchev–Trinajstić information content (AvgIpc) is 2.55. The van der Waals surface area contributed by atoms with Crippen LogP contribution < -0.4 is 17.0 Å². The highest BCUT2D eigenvalue weighted by molar-refractivity contribution is 5.46. The number of aryl methyl sites for hydroxylation is 2. The van der Waals surface area contributed by atoms with E-state index in [0.29, 0.717) is 17.9 Å². The molecule has 0 aliphatic heterocycles. The molecule has 0 bridgehead atoms. The maximum absolute atomic E-state index is 12.9. The van der Waals surface area contributed by atoms with E-state index in [1.54, 1.807) is 12.1 Å². The number of benzene rings is 2. The molecule has 1 aromatic heterocycles. The molecule has 0 radical (unpaired) electrons. The average molecular weight is 321 g/mol. The van der Waals surface area contributed by atoms with E-state index in [9.17, 15) is 9.59 Å². The van der Waals surface area contributed by atoms with Crippen LogP contribution in [0.5, 0.6) is 0 Å². The van der Waals surface area contributed by atoms with Crippen molar-refractivity contribution in [1.82, 2.24) is 9.13 Å². The predicted octanol–water partition coefficient (Wildman–Crippen LogP) is 2.25. The van der Waals surface area contributed by atoms with Gasteiger partial charge in [0.25, 0.3) is 5.56 Å². The third kappa shape index (κ3) is 2.88. The highest BCUT2D eigenvalue weighted by Crippen LogP contribution is 2.15. The van der Waals surface area contributed by atoms with E-state index in [1.807, 2.05) is 44.2 Å². The van der Waals surface area contributed by atoms with E-state index in [-0.39, 0.29) is 11.2 Å². The topological polar surface area (TPSA) is 70.0 Å². The van der Waals surface area contributed by atoms with Crippen LogP contribution in [0.1, 0.15) is 16.7 Å². The summed E-state index contributed by atoms with van der Waals surface area (Å²) < 4.78 is 2.76. The molecule has 24 heavy (non-hydrogen) atoms. The summed E-state index contributed by atoms with van der Waals surface area (Å²) in [5.41, 5.74) is 9.06. The number of hydrogen-bond acceptors (Lipinski definition) is 3. The van der Waals surface area contributed by atoms with Crippen molar-refractivity contribution in [2.75, 3.05) is 5.73 Å². The zero-order valence-electron chi connectivity index (χ0n) is 13.7. The van der Waals surface area contributed by atoms with Gasteiger partial charge in [-0.1, -0.05) is 30.3 Å². The molecule has 0 spiro atoms. The molecule has 0 fully saturated rings. The first-order valence-corrected chi connectivity index (χ1v) is 7.71. The van der Waals surface area contributed by atoms with Crippen molar-refractivity contribution in [3.8, 4) is 5.69 Å². The Morgan fingerprint density at radius 2 is 1.54 bits per heavy atom. The van der Waals surface area contributed by atoms with Gasteiger partial charge < -0.3 is 5.73 Å². The fourth-order valence-electron chi connectivity index (χ4n) is 2.82. The first kappa shape index (κ1) is 15.8. The molecule has 0 unspecified atom stereocenters. The molecule has 5 nitrogen and oxygen atoms in total. The van der Waals surface area contributed by atoms with Crippen LogP contribution in [0.3, 0.4) is 0 Å². The molecule has 0 saturated carbocycles. The molecule has 5 heteroatoms. The highest BCUT2D eigenvalue weighted by atomic mass is 16.2. The monoisotopic (exact) mass is 321 g/mol. The maximum Gasteiger partial charge on any atom is 0.335 e. The fourth-order valence-corrected chi connectivity index (χ4v) is 2.82. The van der Waals surface area contributed by atoms with E-state index in [1.165, 1.54) is 21.4 Å². The Hall–Kier alpha value is -3.08. The van der Waals surface area contributed by atoms with Gasteiger partial charge in [-0.05, 0) is 42.7 Å². The molecule has 122 valence electrons. The number of para-hydroxylation sites is 1. The molecule has 1 heterocycles. The van der Waals surface area contributed by atoms with Gasteiger partial charge in [0, 0.05) is 18.0 Å². The van der Waals surface area contributed by atoms with Gasteiger partial charge in [0.15, 0.2) is 0 Å². The van der Waals surface area contributed by atoms with Crippen LogP contribution >= 0.6 is 0 Å². The number of nitrogens with zero attached hydrogens (tertiary/aromatic N) is 2. The standard InChI is InChI=1S/C19H19N3O2/c1-13-4-3-5-14(2)18(13)22-17(23)10-11-21(19(22)24)12-15-6-8-16(20)9-7-15/h3-11H,12,20H2,1-2H3. The number of aromatic nitrogens is 2. The second kappa shape index (κ2) is 6.20. The van der Waals surface area contributed by atoms with Crippen LogP contribution in [0.25, 0.3) is 5.69 Å². The molecule has 3 rings (SSSR count). The van der Waals surface area contributed by atoms with Crippen molar-refractivity contribution < 1.29 is 0 Å². The summed E-state index contributed by atoms with van der Waals surface area (Å²) in [7, 11) is 0. The summed E-state index contributed by atoms with van der Waals surface area (Å²) in [6, 6.07) is 14.5. The zero-order valence-corrected chi connectivity index (χ0v) is 13.7. The second-order valence-corrected chi connectivity index (χ2v) is 5.88. The minimum absolute atomic E-state index is 0.328. The van der Waals surface area contributed by atoms with Crippen molar-refractivity contribution in [3.05, 3.63) is 92.3 Å². The lowest BCUT2D eigenvalue weighted by atomic mass is 10.1.